The van der Waals surface area contributed by atoms with Gasteiger partial charge in [0, 0.05) is 24.7 Å². The summed E-state index contributed by atoms with van der Waals surface area (Å²) < 4.78 is 28.5. The van der Waals surface area contributed by atoms with Crippen molar-refractivity contribution in [1.82, 2.24) is 0 Å². The number of esters is 1. The fourth-order valence-electron chi connectivity index (χ4n) is 3.09. The molecule has 2 aromatic carbocycles. The number of carbonyl (C=O) groups is 3. The molecular weight excluding hydrogens is 395 g/mol. The summed E-state index contributed by atoms with van der Waals surface area (Å²) in [6, 6.07) is 10.2. The van der Waals surface area contributed by atoms with E-state index in [9.17, 15) is 18.8 Å². The van der Waals surface area contributed by atoms with Gasteiger partial charge < -0.3 is 24.4 Å². The van der Waals surface area contributed by atoms with Gasteiger partial charge >= 0.3 is 5.97 Å². The van der Waals surface area contributed by atoms with Crippen LogP contribution in [0.1, 0.15) is 6.42 Å². The van der Waals surface area contributed by atoms with Crippen molar-refractivity contribution in [2.75, 3.05) is 37.6 Å². The molecule has 1 atom stereocenters. The number of nitrogens with one attached hydrogen (secondary N) is 1. The lowest BCUT2D eigenvalue weighted by Gasteiger charge is -2.20. The van der Waals surface area contributed by atoms with Gasteiger partial charge in [0.15, 0.2) is 6.61 Å². The molecule has 0 unspecified atom stereocenters. The van der Waals surface area contributed by atoms with E-state index < -0.39 is 30.2 Å². The summed E-state index contributed by atoms with van der Waals surface area (Å²) in [4.78, 5) is 38.2. The van der Waals surface area contributed by atoms with Gasteiger partial charge in [0.1, 0.15) is 17.3 Å². The Balaban J connectivity index is 1.58. The van der Waals surface area contributed by atoms with E-state index in [0.717, 1.165) is 0 Å². The van der Waals surface area contributed by atoms with E-state index >= 15 is 0 Å². The summed E-state index contributed by atoms with van der Waals surface area (Å²) in [7, 11) is 2.99. The average molecular weight is 416 g/mol. The fraction of sp³-hybridized carbons (Fsp3) is 0.286. The van der Waals surface area contributed by atoms with Crippen LogP contribution in [0.15, 0.2) is 42.5 Å². The smallest absolute Gasteiger partial charge is 0.311 e. The van der Waals surface area contributed by atoms with Gasteiger partial charge in [-0.15, -0.1) is 0 Å². The number of hydrogen-bond donors (Lipinski definition) is 1. The molecule has 1 N–H and O–H groups in total. The number of halogens is 1. The molecule has 0 saturated carbocycles. The number of nitrogens with zero attached hydrogens (tertiary/aromatic N) is 1. The van der Waals surface area contributed by atoms with Gasteiger partial charge in [-0.2, -0.15) is 0 Å². The van der Waals surface area contributed by atoms with Gasteiger partial charge in [0.25, 0.3) is 5.91 Å². The minimum absolute atomic E-state index is 0.0429. The third-order valence-corrected chi connectivity index (χ3v) is 4.61. The van der Waals surface area contributed by atoms with Crippen molar-refractivity contribution in [1.29, 1.82) is 0 Å². The number of ether oxygens (including phenoxy) is 3. The lowest BCUT2D eigenvalue weighted by atomic mass is 10.1. The van der Waals surface area contributed by atoms with Gasteiger partial charge in [0.05, 0.1) is 25.8 Å². The minimum Gasteiger partial charge on any atom is -0.497 e. The van der Waals surface area contributed by atoms with Crippen LogP contribution in [-0.4, -0.2) is 45.2 Å². The molecule has 1 fully saturated rings. The number of benzene rings is 2. The van der Waals surface area contributed by atoms with Crippen LogP contribution in [0.2, 0.25) is 0 Å². The van der Waals surface area contributed by atoms with Crippen molar-refractivity contribution in [2.45, 2.75) is 6.42 Å². The maximum atomic E-state index is 12.9. The lowest BCUT2D eigenvalue weighted by Crippen LogP contribution is -2.28. The standard InChI is InChI=1S/C21H21FN2O6/c1-28-16-7-8-18(29-2)17(10-16)24-11-13(9-20(24)26)21(27)30-12-19(25)23-15-5-3-14(22)4-6-15/h3-8,10,13H,9,11-12H2,1-2H3,(H,23,25)/t13-/m0/s1. The Hall–Kier alpha value is -3.62. The zero-order chi connectivity index (χ0) is 21.7. The quantitative estimate of drug-likeness (QED) is 0.697. The third-order valence-electron chi connectivity index (χ3n) is 4.61. The van der Waals surface area contributed by atoms with Crippen molar-refractivity contribution < 1.29 is 33.0 Å². The molecular formula is C21H21FN2O6. The van der Waals surface area contributed by atoms with Crippen molar-refractivity contribution in [3.8, 4) is 11.5 Å². The Kier molecular flexibility index (Phi) is 6.51. The maximum absolute atomic E-state index is 12.9. The van der Waals surface area contributed by atoms with Crippen LogP contribution in [0.4, 0.5) is 15.8 Å². The van der Waals surface area contributed by atoms with E-state index in [2.05, 4.69) is 5.32 Å². The topological polar surface area (TPSA) is 94.2 Å². The molecule has 1 aliphatic rings. The van der Waals surface area contributed by atoms with Gasteiger partial charge in [-0.05, 0) is 36.4 Å². The number of rotatable bonds is 7. The SMILES string of the molecule is COc1ccc(OC)c(N2C[C@@H](C(=O)OCC(=O)Nc3ccc(F)cc3)CC2=O)c1. The van der Waals surface area contributed by atoms with E-state index in [1.807, 2.05) is 0 Å². The average Bonchev–Trinajstić information content (AvgIpc) is 3.14. The first-order valence-electron chi connectivity index (χ1n) is 9.15. The Labute approximate surface area is 172 Å². The number of amides is 2. The summed E-state index contributed by atoms with van der Waals surface area (Å²) in [5, 5.41) is 2.50. The summed E-state index contributed by atoms with van der Waals surface area (Å²) in [6.07, 6.45) is -0.0429. The van der Waals surface area contributed by atoms with Crippen LogP contribution in [0.3, 0.4) is 0 Å². The first-order chi connectivity index (χ1) is 14.4. The summed E-state index contributed by atoms with van der Waals surface area (Å²) in [6.45, 7) is -0.413. The molecule has 158 valence electrons. The van der Waals surface area contributed by atoms with Gasteiger partial charge in [-0.25, -0.2) is 4.39 Å². The largest absolute Gasteiger partial charge is 0.497 e. The Bertz CT molecular complexity index is 947. The molecule has 2 amide bonds. The predicted molar refractivity (Wildman–Crippen MR) is 106 cm³/mol. The molecule has 0 aliphatic carbocycles. The lowest BCUT2D eigenvalue weighted by molar-refractivity contribution is -0.151. The fourth-order valence-corrected chi connectivity index (χ4v) is 3.09. The van der Waals surface area contributed by atoms with Crippen molar-refractivity contribution in [3.63, 3.8) is 0 Å². The molecule has 8 nitrogen and oxygen atoms in total. The van der Waals surface area contributed by atoms with Gasteiger partial charge in [-0.3, -0.25) is 14.4 Å². The molecule has 0 bridgehead atoms. The van der Waals surface area contributed by atoms with Crippen LogP contribution >= 0.6 is 0 Å². The summed E-state index contributed by atoms with van der Waals surface area (Å²) in [5.74, 6) is -1.61. The van der Waals surface area contributed by atoms with E-state index in [-0.39, 0.29) is 18.9 Å². The Morgan fingerprint density at radius 1 is 1.13 bits per heavy atom. The van der Waals surface area contributed by atoms with E-state index in [0.29, 0.717) is 22.9 Å². The molecule has 1 saturated heterocycles. The van der Waals surface area contributed by atoms with E-state index in [4.69, 9.17) is 14.2 Å². The summed E-state index contributed by atoms with van der Waals surface area (Å²) >= 11 is 0. The first kappa shape index (κ1) is 21.1. The van der Waals surface area contributed by atoms with Gasteiger partial charge in [-0.1, -0.05) is 0 Å². The number of carbonyl (C=O) groups excluding carboxylic acids is 3. The predicted octanol–water partition coefficient (Wildman–Crippen LogP) is 2.38. The zero-order valence-electron chi connectivity index (χ0n) is 16.5. The van der Waals surface area contributed by atoms with Crippen LogP contribution < -0.4 is 19.7 Å². The second-order valence-electron chi connectivity index (χ2n) is 6.61. The van der Waals surface area contributed by atoms with Crippen LogP contribution in [0, 0.1) is 11.7 Å². The molecule has 1 heterocycles. The number of hydrogen-bond acceptors (Lipinski definition) is 6. The molecule has 0 aromatic heterocycles. The molecule has 2 aromatic rings. The summed E-state index contributed by atoms with van der Waals surface area (Å²) in [5.41, 5.74) is 0.871. The maximum Gasteiger partial charge on any atom is 0.311 e. The van der Waals surface area contributed by atoms with Crippen molar-refractivity contribution in [3.05, 3.63) is 48.3 Å². The Morgan fingerprint density at radius 3 is 2.53 bits per heavy atom. The van der Waals surface area contributed by atoms with Crippen LogP contribution in [0.5, 0.6) is 11.5 Å². The zero-order valence-corrected chi connectivity index (χ0v) is 16.5. The Morgan fingerprint density at radius 2 is 1.87 bits per heavy atom. The van der Waals surface area contributed by atoms with Crippen LogP contribution in [0.25, 0.3) is 0 Å². The highest BCUT2D eigenvalue weighted by atomic mass is 19.1. The molecule has 0 radical (unpaired) electrons. The van der Waals surface area contributed by atoms with Crippen molar-refractivity contribution >= 4 is 29.2 Å². The minimum atomic E-state index is -0.716. The third kappa shape index (κ3) is 4.86. The molecule has 3 rings (SSSR count). The van der Waals surface area contributed by atoms with Crippen molar-refractivity contribution in [2.24, 2.45) is 5.92 Å². The van der Waals surface area contributed by atoms with Crippen LogP contribution in [-0.2, 0) is 19.1 Å². The highest BCUT2D eigenvalue weighted by Crippen LogP contribution is 2.36. The van der Waals surface area contributed by atoms with Gasteiger partial charge in [0.2, 0.25) is 5.91 Å². The molecule has 30 heavy (non-hydrogen) atoms. The van der Waals surface area contributed by atoms with E-state index in [1.165, 1.54) is 43.4 Å². The monoisotopic (exact) mass is 416 g/mol. The first-order valence-corrected chi connectivity index (χ1v) is 9.15. The van der Waals surface area contributed by atoms with E-state index in [1.54, 1.807) is 18.2 Å². The number of methoxy groups -OCH3 is 2. The molecule has 9 heteroatoms. The second kappa shape index (κ2) is 9.25. The highest BCUT2D eigenvalue weighted by molar-refractivity contribution is 6.01. The normalized spacial score (nSPS) is 15.6. The highest BCUT2D eigenvalue weighted by Gasteiger charge is 2.37. The molecule has 1 aliphatic heterocycles. The number of anilines is 2. The molecule has 0 spiro atoms. The second-order valence-corrected chi connectivity index (χ2v) is 6.61.